The van der Waals surface area contributed by atoms with Crippen LogP contribution >= 0.6 is 0 Å². The van der Waals surface area contributed by atoms with Crippen LogP contribution in [0.25, 0.3) is 0 Å². The van der Waals surface area contributed by atoms with E-state index in [4.69, 9.17) is 5.11 Å². The van der Waals surface area contributed by atoms with Crippen LogP contribution in [0.2, 0.25) is 0 Å². The van der Waals surface area contributed by atoms with Gasteiger partial charge in [0.15, 0.2) is 0 Å². The van der Waals surface area contributed by atoms with Crippen molar-refractivity contribution >= 4 is 11.7 Å². The molecule has 6 heteroatoms. The molecule has 0 radical (unpaired) electrons. The molecule has 1 rings (SSSR count). The molecule has 6 nitrogen and oxygen atoms in total. The Morgan fingerprint density at radius 3 is 1.78 bits per heavy atom. The van der Waals surface area contributed by atoms with Crippen LogP contribution in [0.1, 0.15) is 64.2 Å². The Kier molecular flexibility index (Phi) is 7.89. The van der Waals surface area contributed by atoms with Crippen LogP contribution in [0, 0.1) is 15.5 Å². The third kappa shape index (κ3) is 8.30. The lowest BCUT2D eigenvalue weighted by molar-refractivity contribution is -0.384. The first kappa shape index (κ1) is 21.0. The van der Waals surface area contributed by atoms with Crippen molar-refractivity contribution in [3.8, 4) is 0 Å². The van der Waals surface area contributed by atoms with Gasteiger partial charge >= 0.3 is 5.97 Å². The summed E-state index contributed by atoms with van der Waals surface area (Å²) in [6.07, 6.45) is 2.62. The minimum absolute atomic E-state index is 0.0422. The summed E-state index contributed by atoms with van der Waals surface area (Å²) in [6.45, 7) is 10.6. The van der Waals surface area contributed by atoms with Crippen LogP contribution in [0.15, 0.2) is 24.3 Å². The molecule has 23 heavy (non-hydrogen) atoms. The second kappa shape index (κ2) is 8.62. The number of nitro benzene ring substituents is 1. The van der Waals surface area contributed by atoms with Crippen LogP contribution in [-0.2, 0) is 0 Å². The molecule has 0 atom stereocenters. The molecule has 2 N–H and O–H groups in total. The standard InChI is InChI=1S/C10H22O.C7H5NO4/c1-6-10(11,7-2)8-9(3,4)5;9-7(10)5-1-3-6(4-2-5)8(11)12/h11H,6-8H2,1-5H3;1-4H,(H,9,10). The number of non-ortho nitro benzene ring substituents is 1. The average Bonchev–Trinajstić information content (AvgIpc) is 2.46. The minimum Gasteiger partial charge on any atom is -0.478 e. The molecule has 0 fully saturated rings. The van der Waals surface area contributed by atoms with Gasteiger partial charge in [-0.15, -0.1) is 0 Å². The first-order valence-corrected chi connectivity index (χ1v) is 7.64. The summed E-state index contributed by atoms with van der Waals surface area (Å²) in [5.41, 5.74) is -0.264. The van der Waals surface area contributed by atoms with Gasteiger partial charge in [0.1, 0.15) is 0 Å². The number of hydrogen-bond acceptors (Lipinski definition) is 4. The summed E-state index contributed by atoms with van der Waals surface area (Å²) >= 11 is 0. The van der Waals surface area contributed by atoms with E-state index in [0.29, 0.717) is 0 Å². The van der Waals surface area contributed by atoms with Crippen molar-refractivity contribution in [2.24, 2.45) is 5.41 Å². The summed E-state index contributed by atoms with van der Waals surface area (Å²) in [6, 6.07) is 4.70. The van der Waals surface area contributed by atoms with Crippen molar-refractivity contribution in [1.82, 2.24) is 0 Å². The Morgan fingerprint density at radius 1 is 1.13 bits per heavy atom. The molecule has 1 aromatic rings. The molecule has 0 unspecified atom stereocenters. The van der Waals surface area contributed by atoms with Crippen LogP contribution < -0.4 is 0 Å². The maximum absolute atomic E-state index is 10.3. The van der Waals surface area contributed by atoms with Crippen LogP contribution in [0.4, 0.5) is 5.69 Å². The Bertz CT molecular complexity index is 480. The van der Waals surface area contributed by atoms with Gasteiger partial charge in [0.2, 0.25) is 0 Å². The van der Waals surface area contributed by atoms with E-state index in [-0.39, 0.29) is 16.7 Å². The fourth-order valence-corrected chi connectivity index (χ4v) is 2.21. The summed E-state index contributed by atoms with van der Waals surface area (Å²) < 4.78 is 0. The molecule has 1 aromatic carbocycles. The van der Waals surface area contributed by atoms with E-state index in [1.165, 1.54) is 12.1 Å². The van der Waals surface area contributed by atoms with Gasteiger partial charge in [-0.3, -0.25) is 10.1 Å². The first-order valence-electron chi connectivity index (χ1n) is 7.64. The number of aliphatic hydroxyl groups is 1. The molecule has 0 aliphatic carbocycles. The summed E-state index contributed by atoms with van der Waals surface area (Å²) in [7, 11) is 0. The van der Waals surface area contributed by atoms with Gasteiger partial charge in [0, 0.05) is 12.1 Å². The molecule has 0 bridgehead atoms. The Labute approximate surface area is 137 Å². The van der Waals surface area contributed by atoms with E-state index in [1.807, 2.05) is 0 Å². The SMILES string of the molecule is CCC(O)(CC)CC(C)(C)C.O=C(O)c1ccc([N+](=O)[O-])cc1. The average molecular weight is 325 g/mol. The number of aromatic carboxylic acids is 1. The second-order valence-corrected chi connectivity index (χ2v) is 6.78. The normalized spacial score (nSPS) is 11.4. The van der Waals surface area contributed by atoms with E-state index in [1.54, 1.807) is 0 Å². The zero-order valence-corrected chi connectivity index (χ0v) is 14.5. The summed E-state index contributed by atoms with van der Waals surface area (Å²) in [4.78, 5) is 19.9. The lowest BCUT2D eigenvalue weighted by Crippen LogP contribution is -2.32. The van der Waals surface area contributed by atoms with Crippen molar-refractivity contribution < 1.29 is 19.9 Å². The number of nitrogens with zero attached hydrogens (tertiary/aromatic N) is 1. The molecule has 0 saturated heterocycles. The highest BCUT2D eigenvalue weighted by atomic mass is 16.6. The second-order valence-electron chi connectivity index (χ2n) is 6.78. The van der Waals surface area contributed by atoms with E-state index in [0.717, 1.165) is 31.4 Å². The summed E-state index contributed by atoms with van der Waals surface area (Å²) in [5.74, 6) is -1.09. The molecule has 0 aliphatic rings. The molecule has 0 spiro atoms. The van der Waals surface area contributed by atoms with Gasteiger partial charge in [0.25, 0.3) is 5.69 Å². The quantitative estimate of drug-likeness (QED) is 0.622. The number of carbonyl (C=O) groups is 1. The molecule has 0 amide bonds. The highest BCUT2D eigenvalue weighted by Gasteiger charge is 2.28. The van der Waals surface area contributed by atoms with E-state index >= 15 is 0 Å². The maximum Gasteiger partial charge on any atom is 0.335 e. The molecular formula is C17H27NO5. The van der Waals surface area contributed by atoms with Gasteiger partial charge in [-0.1, -0.05) is 34.6 Å². The molecule has 0 aromatic heterocycles. The van der Waals surface area contributed by atoms with Crippen molar-refractivity contribution in [2.75, 3.05) is 0 Å². The largest absolute Gasteiger partial charge is 0.478 e. The van der Waals surface area contributed by atoms with Gasteiger partial charge in [-0.25, -0.2) is 4.79 Å². The van der Waals surface area contributed by atoms with E-state index in [2.05, 4.69) is 34.6 Å². The minimum atomic E-state index is -1.09. The number of hydrogen-bond donors (Lipinski definition) is 2. The highest BCUT2D eigenvalue weighted by molar-refractivity contribution is 5.87. The monoisotopic (exact) mass is 325 g/mol. The highest BCUT2D eigenvalue weighted by Crippen LogP contribution is 2.31. The third-order valence-electron chi connectivity index (χ3n) is 3.50. The Morgan fingerprint density at radius 2 is 1.57 bits per heavy atom. The van der Waals surface area contributed by atoms with Crippen molar-refractivity contribution in [3.63, 3.8) is 0 Å². The molecule has 0 heterocycles. The molecule has 0 saturated carbocycles. The zero-order chi connectivity index (χ0) is 18.3. The van der Waals surface area contributed by atoms with E-state index in [9.17, 15) is 20.0 Å². The zero-order valence-electron chi connectivity index (χ0n) is 14.5. The number of carboxylic acids is 1. The first-order chi connectivity index (χ1) is 10.4. The Hall–Kier alpha value is -1.95. The molecular weight excluding hydrogens is 298 g/mol. The predicted molar refractivity (Wildman–Crippen MR) is 89.7 cm³/mol. The smallest absolute Gasteiger partial charge is 0.335 e. The maximum atomic E-state index is 10.3. The van der Waals surface area contributed by atoms with E-state index < -0.39 is 16.5 Å². The number of nitro groups is 1. The van der Waals surface area contributed by atoms with Gasteiger partial charge in [-0.05, 0) is 36.8 Å². The Balaban J connectivity index is 0.000000423. The number of rotatable bonds is 5. The van der Waals surface area contributed by atoms with Crippen LogP contribution in [0.5, 0.6) is 0 Å². The third-order valence-corrected chi connectivity index (χ3v) is 3.50. The van der Waals surface area contributed by atoms with Crippen molar-refractivity contribution in [1.29, 1.82) is 0 Å². The number of benzene rings is 1. The van der Waals surface area contributed by atoms with Crippen LogP contribution in [0.3, 0.4) is 0 Å². The fourth-order valence-electron chi connectivity index (χ4n) is 2.21. The fraction of sp³-hybridized carbons (Fsp3) is 0.588. The topological polar surface area (TPSA) is 101 Å². The van der Waals surface area contributed by atoms with Gasteiger partial charge < -0.3 is 10.2 Å². The molecule has 0 aliphatic heterocycles. The summed E-state index contributed by atoms with van der Waals surface area (Å²) in [5, 5.41) is 28.5. The lowest BCUT2D eigenvalue weighted by Gasteiger charge is -2.32. The predicted octanol–water partition coefficient (Wildman–Crippen LogP) is 4.27. The van der Waals surface area contributed by atoms with Crippen LogP contribution in [-0.4, -0.2) is 26.7 Å². The van der Waals surface area contributed by atoms with Gasteiger partial charge in [0.05, 0.1) is 16.1 Å². The van der Waals surface area contributed by atoms with Crippen molar-refractivity contribution in [3.05, 3.63) is 39.9 Å². The van der Waals surface area contributed by atoms with Crippen molar-refractivity contribution in [2.45, 2.75) is 59.5 Å². The molecule has 130 valence electrons. The number of carboxylic acid groups (broad SMARTS) is 1. The van der Waals surface area contributed by atoms with Gasteiger partial charge in [-0.2, -0.15) is 0 Å². The lowest BCUT2D eigenvalue weighted by atomic mass is 9.79.